The fourth-order valence-electron chi connectivity index (χ4n) is 8.36. The first-order chi connectivity index (χ1) is 36.2. The second-order valence-corrected chi connectivity index (χ2v) is 24.0. The molecular weight excluding hydrogens is 1130 g/mol. The molecule has 2 aliphatic rings. The van der Waals surface area contributed by atoms with E-state index in [1.807, 2.05) is 88.4 Å². The van der Waals surface area contributed by atoms with Crippen molar-refractivity contribution in [2.75, 3.05) is 13.1 Å². The van der Waals surface area contributed by atoms with Crippen LogP contribution in [-0.2, 0) is 33.5 Å². The number of nitrogens with one attached hydrogen (secondary N) is 6. The molecule has 2 aliphatic heterocycles. The summed E-state index contributed by atoms with van der Waals surface area (Å²) in [5.41, 5.74) is 6.61. The first-order valence-electron chi connectivity index (χ1n) is 26.3. The number of alkyl carbamates (subject to hydrolysis) is 1. The van der Waals surface area contributed by atoms with Gasteiger partial charge in [-0.15, -0.1) is 0 Å². The molecule has 2 fully saturated rings. The summed E-state index contributed by atoms with van der Waals surface area (Å²) in [7, 11) is 0. The number of amides is 6. The normalized spacial score (nSPS) is 19.8. The third-order valence-corrected chi connectivity index (χ3v) is 14.1. The summed E-state index contributed by atoms with van der Waals surface area (Å²) < 4.78 is 7.10. The second kappa shape index (κ2) is 28.0. The van der Waals surface area contributed by atoms with Gasteiger partial charge in [0, 0.05) is 32.8 Å². The van der Waals surface area contributed by atoms with E-state index in [0.29, 0.717) is 38.8 Å². The molecule has 0 spiro atoms. The van der Waals surface area contributed by atoms with Crippen molar-refractivity contribution in [2.45, 2.75) is 176 Å². The second-order valence-electron chi connectivity index (χ2n) is 22.2. The van der Waals surface area contributed by atoms with E-state index in [4.69, 9.17) is 14.8 Å². The number of aliphatic hydroxyl groups is 2. The molecule has 6 rings (SSSR count). The molecule has 8 atom stereocenters. The van der Waals surface area contributed by atoms with Crippen LogP contribution in [0.4, 0.5) is 4.79 Å². The van der Waals surface area contributed by atoms with Gasteiger partial charge in [0.15, 0.2) is 5.78 Å². The Morgan fingerprint density at radius 1 is 0.615 bits per heavy atom. The molecule has 78 heavy (non-hydrogen) atoms. The van der Waals surface area contributed by atoms with Gasteiger partial charge in [-0.05, 0) is 143 Å². The number of hydrogen-bond donors (Lipinski definition) is 8. The van der Waals surface area contributed by atoms with Gasteiger partial charge in [0.05, 0.1) is 34.5 Å². The standard InChI is InChI=1S/2C25H34BrN5O4.C6H12O2/c1-15(19-11-9-17-8-10-18(26)14-20(17)29-19)27-22(33)25(6)12-7-13-31(30-25)21(32)16(2)28-23(34)35-24(3,4)5;1-14(2)21(32)22(33)27-16(4)23(34)31-12-6-11-25(5,30-31)24(35)28-15(3)19-10-8-17-7-9-18(26)13-20(17)29-19;1-4(2)6(8)5(3)7/h8-11,14-16,30H,7,12-13H2,1-6H3,(H,27,33)(H,28,34);7-10,13-16,21,30,32H,6,11-12H2,1-5H3,(H,27,33)(H,28,35);4,6,8H,1-3H3/t15-,16+,25?;15-,16+,21+,25?;6-/m110/s1. The Hall–Kier alpha value is -5.65. The topological polar surface area (TPSA) is 274 Å². The van der Waals surface area contributed by atoms with Gasteiger partial charge in [-0.2, -0.15) is 0 Å². The van der Waals surface area contributed by atoms with Crippen LogP contribution < -0.4 is 32.1 Å². The van der Waals surface area contributed by atoms with Gasteiger partial charge < -0.3 is 36.2 Å². The lowest BCUT2D eigenvalue weighted by Gasteiger charge is -2.41. The van der Waals surface area contributed by atoms with Gasteiger partial charge in [-0.1, -0.05) is 83.8 Å². The molecule has 2 unspecified atom stereocenters. The Morgan fingerprint density at radius 3 is 1.36 bits per heavy atom. The first kappa shape index (κ1) is 64.9. The maximum absolute atomic E-state index is 13.3. The number of aliphatic hydroxyl groups excluding tert-OH is 2. The van der Waals surface area contributed by atoms with Crippen molar-refractivity contribution in [3.63, 3.8) is 0 Å². The highest BCUT2D eigenvalue weighted by atomic mass is 79.9. The molecule has 428 valence electrons. The number of pyridine rings is 2. The number of carbonyl (C=O) groups is 7. The minimum Gasteiger partial charge on any atom is -0.444 e. The van der Waals surface area contributed by atoms with Crippen LogP contribution in [0.15, 0.2) is 69.6 Å². The molecule has 8 N–H and O–H groups in total. The lowest BCUT2D eigenvalue weighted by atomic mass is 9.92. The van der Waals surface area contributed by atoms with Gasteiger partial charge >= 0.3 is 6.09 Å². The summed E-state index contributed by atoms with van der Waals surface area (Å²) in [6, 6.07) is 17.1. The molecule has 0 aliphatic carbocycles. The Kier molecular flexibility index (Phi) is 23.3. The molecule has 20 nitrogen and oxygen atoms in total. The molecule has 2 aromatic carbocycles. The zero-order chi connectivity index (χ0) is 58.6. The lowest BCUT2D eigenvalue weighted by molar-refractivity contribution is -0.148. The molecule has 22 heteroatoms. The van der Waals surface area contributed by atoms with Crippen molar-refractivity contribution >= 4 is 95.1 Å². The zero-order valence-corrected chi connectivity index (χ0v) is 50.5. The summed E-state index contributed by atoms with van der Waals surface area (Å²) in [4.78, 5) is 96.3. The monoisotopic (exact) mass is 1210 g/mol. The van der Waals surface area contributed by atoms with Gasteiger partial charge in [0.1, 0.15) is 41.0 Å². The highest BCUT2D eigenvalue weighted by molar-refractivity contribution is 9.10. The van der Waals surface area contributed by atoms with Gasteiger partial charge in [0.25, 0.3) is 11.8 Å². The average molecular weight is 1210 g/mol. The van der Waals surface area contributed by atoms with Crippen LogP contribution in [-0.4, -0.2) is 126 Å². The van der Waals surface area contributed by atoms with Crippen LogP contribution in [0.1, 0.15) is 146 Å². The van der Waals surface area contributed by atoms with E-state index in [2.05, 4.69) is 69.0 Å². The number of fused-ring (bicyclic) bond motifs is 2. The number of benzene rings is 2. The minimum atomic E-state index is -1.19. The maximum Gasteiger partial charge on any atom is 0.408 e. The summed E-state index contributed by atoms with van der Waals surface area (Å²) in [5, 5.41) is 34.7. The number of nitrogens with zero attached hydrogens (tertiary/aromatic N) is 4. The molecule has 0 saturated carbocycles. The number of hydrogen-bond acceptors (Lipinski definition) is 14. The van der Waals surface area contributed by atoms with Crippen LogP contribution in [0, 0.1) is 11.8 Å². The van der Waals surface area contributed by atoms with Crippen molar-refractivity contribution in [1.29, 1.82) is 0 Å². The van der Waals surface area contributed by atoms with Crippen LogP contribution in [0.2, 0.25) is 0 Å². The molecule has 4 heterocycles. The number of hydrazine groups is 2. The third-order valence-electron chi connectivity index (χ3n) is 13.1. The van der Waals surface area contributed by atoms with Crippen molar-refractivity contribution in [3.05, 3.63) is 81.0 Å². The van der Waals surface area contributed by atoms with Crippen molar-refractivity contribution < 1.29 is 48.5 Å². The van der Waals surface area contributed by atoms with E-state index < -0.39 is 53.0 Å². The van der Waals surface area contributed by atoms with Gasteiger partial charge in [-0.25, -0.2) is 15.6 Å². The Labute approximate surface area is 474 Å². The van der Waals surface area contributed by atoms with Crippen molar-refractivity contribution in [3.8, 4) is 0 Å². The first-order valence-corrected chi connectivity index (χ1v) is 27.9. The summed E-state index contributed by atoms with van der Waals surface area (Å²) in [6.07, 6.45) is -0.272. The zero-order valence-electron chi connectivity index (χ0n) is 47.3. The minimum absolute atomic E-state index is 0.0486. The predicted molar refractivity (Wildman–Crippen MR) is 306 cm³/mol. The molecule has 6 amide bonds. The molecule has 4 aromatic rings. The molecule has 2 saturated heterocycles. The van der Waals surface area contributed by atoms with E-state index in [-0.39, 0.29) is 53.3 Å². The van der Waals surface area contributed by atoms with Crippen LogP contribution >= 0.6 is 31.9 Å². The largest absolute Gasteiger partial charge is 0.444 e. The quantitative estimate of drug-likeness (QED) is 0.0623. The highest BCUT2D eigenvalue weighted by Gasteiger charge is 2.42. The van der Waals surface area contributed by atoms with Gasteiger partial charge in [-0.3, -0.25) is 48.8 Å². The summed E-state index contributed by atoms with van der Waals surface area (Å²) in [5.74, 6) is -2.16. The maximum atomic E-state index is 13.3. The fraction of sp³-hybridized carbons (Fsp3) is 0.554. The number of ketones is 1. The SMILES string of the molecule is CC(=O)[C@@H](O)C(C)C.CC(C)[C@H](O)C(=O)N[C@@H](C)C(=O)N1CCCC(C)(C(=O)N[C@H](C)c2ccc3ccc(Br)cc3n2)N1.C[C@H](NC(=O)OC(C)(C)C)C(=O)N1CCCC(C)(C(=O)N[C@H](C)c2ccc3ccc(Br)cc3n2)N1. The summed E-state index contributed by atoms with van der Waals surface area (Å²) in [6.45, 7) is 25.0. The van der Waals surface area contributed by atoms with E-state index in [1.165, 1.54) is 16.9 Å². The number of aromatic nitrogens is 2. The molecule has 0 radical (unpaired) electrons. The number of ether oxygens (including phenoxy) is 1. The summed E-state index contributed by atoms with van der Waals surface area (Å²) >= 11 is 6.93. The molecule has 0 bridgehead atoms. The van der Waals surface area contributed by atoms with E-state index >= 15 is 0 Å². The Bertz CT molecular complexity index is 2800. The fourth-order valence-corrected chi connectivity index (χ4v) is 9.06. The van der Waals surface area contributed by atoms with Crippen molar-refractivity contribution in [2.24, 2.45) is 11.8 Å². The average Bonchev–Trinajstić information content (AvgIpc) is 3.36. The smallest absolute Gasteiger partial charge is 0.408 e. The lowest BCUT2D eigenvalue weighted by Crippen LogP contribution is -2.67. The van der Waals surface area contributed by atoms with Crippen LogP contribution in [0.5, 0.6) is 0 Å². The predicted octanol–water partition coefficient (Wildman–Crippen LogP) is 7.15. The van der Waals surface area contributed by atoms with E-state index in [1.54, 1.807) is 62.3 Å². The Morgan fingerprint density at radius 2 is 1.00 bits per heavy atom. The van der Waals surface area contributed by atoms with Gasteiger partial charge in [0.2, 0.25) is 17.7 Å². The van der Waals surface area contributed by atoms with E-state index in [9.17, 15) is 38.7 Å². The number of carbonyl (C=O) groups excluding carboxylic acids is 7. The van der Waals surface area contributed by atoms with E-state index in [0.717, 1.165) is 42.1 Å². The number of rotatable bonds is 14. The molecule has 2 aromatic heterocycles. The number of halogens is 2. The van der Waals surface area contributed by atoms with Crippen LogP contribution in [0.25, 0.3) is 21.8 Å². The third kappa shape index (κ3) is 18.5. The van der Waals surface area contributed by atoms with Crippen LogP contribution in [0.3, 0.4) is 0 Å². The number of Topliss-reactive ketones (excluding diaryl/α,β-unsaturated/α-hetero) is 1. The molecular formula is C56H80Br2N10O10. The Balaban J connectivity index is 0.000000295. The van der Waals surface area contributed by atoms with Crippen molar-refractivity contribution in [1.82, 2.24) is 52.1 Å². The highest BCUT2D eigenvalue weighted by Crippen LogP contribution is 2.26.